The lowest BCUT2D eigenvalue weighted by Gasteiger charge is -2.41. The Bertz CT molecular complexity index is 813. The van der Waals surface area contributed by atoms with Crippen LogP contribution in [-0.4, -0.2) is 16.4 Å². The van der Waals surface area contributed by atoms with E-state index in [9.17, 15) is 14.9 Å². The molecule has 1 aliphatic heterocycles. The fourth-order valence-electron chi connectivity index (χ4n) is 3.41. The van der Waals surface area contributed by atoms with Crippen molar-refractivity contribution in [3.8, 4) is 5.75 Å². The van der Waals surface area contributed by atoms with Gasteiger partial charge < -0.3 is 10.1 Å². The van der Waals surface area contributed by atoms with Gasteiger partial charge in [-0.3, -0.25) is 14.9 Å². The number of rotatable bonds is 5. The minimum absolute atomic E-state index is 0.0334. The summed E-state index contributed by atoms with van der Waals surface area (Å²) in [7, 11) is 0. The number of fused-ring (bicyclic) bond motifs is 1. The third kappa shape index (κ3) is 3.40. The normalized spacial score (nSPS) is 17.7. The molecular formula is C20H22N2O4. The van der Waals surface area contributed by atoms with E-state index in [1.165, 1.54) is 24.3 Å². The monoisotopic (exact) mass is 354 g/mol. The summed E-state index contributed by atoms with van der Waals surface area (Å²) >= 11 is 0. The van der Waals surface area contributed by atoms with Gasteiger partial charge >= 0.3 is 0 Å². The highest BCUT2D eigenvalue weighted by molar-refractivity contribution is 5.94. The van der Waals surface area contributed by atoms with Gasteiger partial charge in [0.2, 0.25) is 0 Å². The van der Waals surface area contributed by atoms with E-state index in [4.69, 9.17) is 4.74 Å². The molecule has 0 radical (unpaired) electrons. The van der Waals surface area contributed by atoms with Crippen LogP contribution in [0.25, 0.3) is 0 Å². The quantitative estimate of drug-likeness (QED) is 0.637. The second kappa shape index (κ2) is 7.15. The molecule has 1 atom stereocenters. The van der Waals surface area contributed by atoms with Crippen LogP contribution in [0.2, 0.25) is 0 Å². The third-order valence-corrected chi connectivity index (χ3v) is 5.13. The third-order valence-electron chi connectivity index (χ3n) is 5.13. The zero-order valence-electron chi connectivity index (χ0n) is 14.9. The molecule has 6 nitrogen and oxygen atoms in total. The van der Waals surface area contributed by atoms with E-state index in [0.29, 0.717) is 12.0 Å². The van der Waals surface area contributed by atoms with Gasteiger partial charge in [0.05, 0.1) is 11.0 Å². The van der Waals surface area contributed by atoms with Gasteiger partial charge in [0.15, 0.2) is 0 Å². The number of nitro benzene ring substituents is 1. The first-order valence-corrected chi connectivity index (χ1v) is 8.81. The second-order valence-electron chi connectivity index (χ2n) is 6.56. The first kappa shape index (κ1) is 17.9. The van der Waals surface area contributed by atoms with Gasteiger partial charge in [-0.2, -0.15) is 0 Å². The molecule has 2 aromatic carbocycles. The standard InChI is InChI=1S/C20H22N2O4/c1-3-20(4-2)13-17(16-7-5-6-8-18(16)26-20)21-19(23)14-9-11-15(12-10-14)22(24)25/h5-12,17H,3-4,13H2,1-2H3,(H,21,23). The smallest absolute Gasteiger partial charge is 0.269 e. The summed E-state index contributed by atoms with van der Waals surface area (Å²) in [6, 6.07) is 13.2. The number of carbonyl (C=O) groups is 1. The van der Waals surface area contributed by atoms with Crippen molar-refractivity contribution in [2.75, 3.05) is 0 Å². The Balaban J connectivity index is 1.85. The summed E-state index contributed by atoms with van der Waals surface area (Å²) in [5, 5.41) is 13.8. The molecule has 3 rings (SSSR count). The topological polar surface area (TPSA) is 81.5 Å². The lowest BCUT2D eigenvalue weighted by molar-refractivity contribution is -0.384. The highest BCUT2D eigenvalue weighted by Crippen LogP contribution is 2.42. The molecule has 0 bridgehead atoms. The lowest BCUT2D eigenvalue weighted by atomic mass is 9.83. The number of ether oxygens (including phenoxy) is 1. The summed E-state index contributed by atoms with van der Waals surface area (Å²) in [4.78, 5) is 23.0. The summed E-state index contributed by atoms with van der Waals surface area (Å²) in [6.07, 6.45) is 2.39. The zero-order chi connectivity index (χ0) is 18.7. The fraction of sp³-hybridized carbons (Fsp3) is 0.350. The Hall–Kier alpha value is -2.89. The fourth-order valence-corrected chi connectivity index (χ4v) is 3.41. The number of benzene rings is 2. The van der Waals surface area contributed by atoms with Crippen LogP contribution >= 0.6 is 0 Å². The molecule has 2 aromatic rings. The Morgan fingerprint density at radius 1 is 1.19 bits per heavy atom. The second-order valence-corrected chi connectivity index (χ2v) is 6.56. The number of hydrogen-bond acceptors (Lipinski definition) is 4. The number of hydrogen-bond donors (Lipinski definition) is 1. The summed E-state index contributed by atoms with van der Waals surface area (Å²) in [5.41, 5.74) is 1.02. The van der Waals surface area contributed by atoms with E-state index in [1.807, 2.05) is 24.3 Å². The number of amides is 1. The van der Waals surface area contributed by atoms with Gasteiger partial charge in [-0.15, -0.1) is 0 Å². The van der Waals surface area contributed by atoms with Gasteiger partial charge in [-0.05, 0) is 31.0 Å². The van der Waals surface area contributed by atoms with Crippen LogP contribution in [0.15, 0.2) is 48.5 Å². The molecule has 0 fully saturated rings. The highest BCUT2D eigenvalue weighted by atomic mass is 16.6. The molecule has 0 aromatic heterocycles. The minimum atomic E-state index is -0.479. The summed E-state index contributed by atoms with van der Waals surface area (Å²) in [5.74, 6) is 0.555. The van der Waals surface area contributed by atoms with Crippen molar-refractivity contribution < 1.29 is 14.5 Å². The van der Waals surface area contributed by atoms with E-state index in [2.05, 4.69) is 19.2 Å². The van der Waals surface area contributed by atoms with Crippen LogP contribution in [0, 0.1) is 10.1 Å². The van der Waals surface area contributed by atoms with Crippen molar-refractivity contribution in [1.82, 2.24) is 5.32 Å². The molecule has 1 unspecified atom stereocenters. The molecule has 136 valence electrons. The van der Waals surface area contributed by atoms with Gasteiger partial charge in [0, 0.05) is 29.7 Å². The highest BCUT2D eigenvalue weighted by Gasteiger charge is 2.39. The molecule has 1 amide bonds. The van der Waals surface area contributed by atoms with E-state index >= 15 is 0 Å². The summed E-state index contributed by atoms with van der Waals surface area (Å²) < 4.78 is 6.25. The zero-order valence-corrected chi connectivity index (χ0v) is 14.9. The number of nitrogens with one attached hydrogen (secondary N) is 1. The Labute approximate surface area is 152 Å². The van der Waals surface area contributed by atoms with Crippen molar-refractivity contribution in [3.05, 3.63) is 69.8 Å². The van der Waals surface area contributed by atoms with Crippen LogP contribution in [0.1, 0.15) is 55.1 Å². The van der Waals surface area contributed by atoms with Crippen molar-refractivity contribution in [2.24, 2.45) is 0 Å². The molecule has 26 heavy (non-hydrogen) atoms. The van der Waals surface area contributed by atoms with Gasteiger partial charge in [-0.1, -0.05) is 32.0 Å². The number of para-hydroxylation sites is 1. The van der Waals surface area contributed by atoms with Crippen LogP contribution < -0.4 is 10.1 Å². The van der Waals surface area contributed by atoms with Crippen LogP contribution in [0.4, 0.5) is 5.69 Å². The molecular weight excluding hydrogens is 332 g/mol. The molecule has 0 aliphatic carbocycles. The molecule has 1 aliphatic rings. The van der Waals surface area contributed by atoms with Gasteiger partial charge in [-0.25, -0.2) is 0 Å². The maximum absolute atomic E-state index is 12.7. The van der Waals surface area contributed by atoms with Gasteiger partial charge in [0.25, 0.3) is 11.6 Å². The Morgan fingerprint density at radius 3 is 2.46 bits per heavy atom. The van der Waals surface area contributed by atoms with Crippen molar-refractivity contribution in [3.63, 3.8) is 0 Å². The van der Waals surface area contributed by atoms with Crippen LogP contribution in [0.3, 0.4) is 0 Å². The van der Waals surface area contributed by atoms with Crippen LogP contribution in [0.5, 0.6) is 5.75 Å². The first-order chi connectivity index (χ1) is 12.5. The van der Waals surface area contributed by atoms with E-state index in [0.717, 1.165) is 24.2 Å². The SMILES string of the molecule is CCC1(CC)CC(NC(=O)c2ccc([N+](=O)[O-])cc2)c2ccccc2O1. The molecule has 1 N–H and O–H groups in total. The van der Waals surface area contributed by atoms with Crippen molar-refractivity contribution in [1.29, 1.82) is 0 Å². The lowest BCUT2D eigenvalue weighted by Crippen LogP contribution is -2.44. The van der Waals surface area contributed by atoms with E-state index < -0.39 is 4.92 Å². The van der Waals surface area contributed by atoms with E-state index in [1.54, 1.807) is 0 Å². The van der Waals surface area contributed by atoms with E-state index in [-0.39, 0.29) is 23.2 Å². The van der Waals surface area contributed by atoms with Gasteiger partial charge in [0.1, 0.15) is 11.4 Å². The van der Waals surface area contributed by atoms with Crippen LogP contribution in [-0.2, 0) is 0 Å². The average molecular weight is 354 g/mol. The molecule has 1 heterocycles. The molecule has 0 spiro atoms. The average Bonchev–Trinajstić information content (AvgIpc) is 2.67. The Kier molecular flexibility index (Phi) is 4.93. The largest absolute Gasteiger partial charge is 0.487 e. The Morgan fingerprint density at radius 2 is 1.85 bits per heavy atom. The summed E-state index contributed by atoms with van der Waals surface area (Å²) in [6.45, 7) is 4.18. The number of carbonyl (C=O) groups excluding carboxylic acids is 1. The number of nitro groups is 1. The predicted octanol–water partition coefficient (Wildman–Crippen LogP) is 4.41. The first-order valence-electron chi connectivity index (χ1n) is 8.81. The minimum Gasteiger partial charge on any atom is -0.487 e. The van der Waals surface area contributed by atoms with Crippen molar-refractivity contribution >= 4 is 11.6 Å². The number of non-ortho nitro benzene ring substituents is 1. The maximum Gasteiger partial charge on any atom is 0.269 e. The molecule has 0 saturated carbocycles. The van der Waals surface area contributed by atoms with Crippen molar-refractivity contribution in [2.45, 2.75) is 44.8 Å². The maximum atomic E-state index is 12.7. The molecule has 6 heteroatoms. The predicted molar refractivity (Wildman–Crippen MR) is 98.3 cm³/mol. The number of nitrogens with zero attached hydrogens (tertiary/aromatic N) is 1. The molecule has 0 saturated heterocycles.